The van der Waals surface area contributed by atoms with E-state index in [4.69, 9.17) is 4.74 Å². The van der Waals surface area contributed by atoms with Crippen LogP contribution in [0.15, 0.2) is 27.1 Å². The Bertz CT molecular complexity index is 876. The third kappa shape index (κ3) is 3.19. The first-order valence-corrected chi connectivity index (χ1v) is 8.54. The Morgan fingerprint density at radius 3 is 3.00 bits per heavy atom. The smallest absolute Gasteiger partial charge is 0.331 e. The third-order valence-corrected chi connectivity index (χ3v) is 4.82. The van der Waals surface area contributed by atoms with Crippen molar-refractivity contribution < 1.29 is 9.84 Å². The largest absolute Gasteiger partial charge is 0.389 e. The highest BCUT2D eigenvalue weighted by atomic mass is 32.1. The molecule has 1 atom stereocenters. The maximum absolute atomic E-state index is 12.4. The van der Waals surface area contributed by atoms with Crippen LogP contribution in [0.4, 0.5) is 0 Å². The van der Waals surface area contributed by atoms with Gasteiger partial charge in [-0.05, 0) is 24.3 Å². The number of nitrogens with zero attached hydrogens (tertiary/aromatic N) is 3. The van der Waals surface area contributed by atoms with Crippen molar-refractivity contribution >= 4 is 11.3 Å². The van der Waals surface area contributed by atoms with Gasteiger partial charge in [0.05, 0.1) is 25.9 Å². The molecule has 1 aliphatic rings. The summed E-state index contributed by atoms with van der Waals surface area (Å²) in [6.45, 7) is 0.689. The van der Waals surface area contributed by atoms with Gasteiger partial charge in [0.25, 0.3) is 5.56 Å². The van der Waals surface area contributed by atoms with Crippen LogP contribution in [-0.4, -0.2) is 27.0 Å². The Balaban J connectivity index is 1.74. The molecule has 126 valence electrons. The summed E-state index contributed by atoms with van der Waals surface area (Å²) in [5, 5.41) is 21.2. The molecule has 24 heavy (non-hydrogen) atoms. The van der Waals surface area contributed by atoms with Crippen LogP contribution in [0.2, 0.25) is 0 Å². The minimum Gasteiger partial charge on any atom is -0.389 e. The first-order valence-electron chi connectivity index (χ1n) is 7.66. The Morgan fingerprint density at radius 2 is 2.29 bits per heavy atom. The van der Waals surface area contributed by atoms with Gasteiger partial charge in [0, 0.05) is 17.1 Å². The lowest BCUT2D eigenvalue weighted by atomic mass is 10.2. The summed E-state index contributed by atoms with van der Waals surface area (Å²) >= 11 is 1.55. The average Bonchev–Trinajstić information content (AvgIpc) is 3.23. The zero-order valence-corrected chi connectivity index (χ0v) is 13.8. The number of hydrogen-bond acceptors (Lipinski definition) is 6. The molecule has 0 saturated heterocycles. The first-order chi connectivity index (χ1) is 11.6. The van der Waals surface area contributed by atoms with Gasteiger partial charge in [-0.3, -0.25) is 13.9 Å². The van der Waals surface area contributed by atoms with Gasteiger partial charge in [0.15, 0.2) is 0 Å². The minimum absolute atomic E-state index is 0.00111. The fourth-order valence-electron chi connectivity index (χ4n) is 2.86. The molecule has 7 nitrogen and oxygen atoms in total. The van der Waals surface area contributed by atoms with Crippen molar-refractivity contribution in [3.8, 4) is 6.07 Å². The Kier molecular flexibility index (Phi) is 4.94. The molecule has 2 aromatic heterocycles. The second kappa shape index (κ2) is 7.13. The second-order valence-corrected chi connectivity index (χ2v) is 6.67. The third-order valence-electron chi connectivity index (χ3n) is 3.97. The molecule has 8 heteroatoms. The fraction of sp³-hybridized carbons (Fsp3) is 0.438. The molecular formula is C16H17N3O4S. The summed E-state index contributed by atoms with van der Waals surface area (Å²) in [7, 11) is 0. The van der Waals surface area contributed by atoms with Gasteiger partial charge >= 0.3 is 5.69 Å². The molecule has 0 aliphatic carbocycles. The van der Waals surface area contributed by atoms with Crippen molar-refractivity contribution in [1.29, 1.82) is 5.26 Å². The number of hydrogen-bond donors (Lipinski definition) is 1. The van der Waals surface area contributed by atoms with E-state index < -0.39 is 17.4 Å². The summed E-state index contributed by atoms with van der Waals surface area (Å²) in [5.74, 6) is 0. The fourth-order valence-corrected chi connectivity index (χ4v) is 3.50. The van der Waals surface area contributed by atoms with Gasteiger partial charge in [-0.25, -0.2) is 4.79 Å². The van der Waals surface area contributed by atoms with E-state index in [0.29, 0.717) is 25.3 Å². The van der Waals surface area contributed by atoms with Crippen molar-refractivity contribution in [3.63, 3.8) is 0 Å². The lowest BCUT2D eigenvalue weighted by Crippen LogP contribution is -2.44. The van der Waals surface area contributed by atoms with Crippen molar-refractivity contribution in [2.75, 3.05) is 6.61 Å². The van der Waals surface area contributed by atoms with Crippen molar-refractivity contribution in [2.45, 2.75) is 38.6 Å². The predicted octanol–water partition coefficient (Wildman–Crippen LogP) is 0.467. The van der Waals surface area contributed by atoms with E-state index in [-0.39, 0.29) is 18.7 Å². The lowest BCUT2D eigenvalue weighted by molar-refractivity contribution is 0.0200. The number of aromatic nitrogens is 2. The van der Waals surface area contributed by atoms with Gasteiger partial charge in [-0.2, -0.15) is 5.26 Å². The predicted molar refractivity (Wildman–Crippen MR) is 88.0 cm³/mol. The van der Waals surface area contributed by atoms with E-state index in [2.05, 4.69) is 0 Å². The van der Waals surface area contributed by atoms with Crippen LogP contribution in [-0.2, 0) is 30.9 Å². The number of aliphatic hydroxyl groups excluding tert-OH is 1. The highest BCUT2D eigenvalue weighted by molar-refractivity contribution is 7.09. The Morgan fingerprint density at radius 1 is 1.46 bits per heavy atom. The van der Waals surface area contributed by atoms with Crippen LogP contribution >= 0.6 is 11.3 Å². The van der Waals surface area contributed by atoms with Crippen molar-refractivity contribution in [1.82, 2.24) is 9.13 Å². The molecule has 0 amide bonds. The average molecular weight is 347 g/mol. The molecule has 2 aromatic rings. The maximum Gasteiger partial charge on any atom is 0.331 e. The number of ether oxygens (including phenoxy) is 1. The summed E-state index contributed by atoms with van der Waals surface area (Å²) in [5.41, 5.74) is -0.595. The van der Waals surface area contributed by atoms with E-state index >= 15 is 0 Å². The second-order valence-electron chi connectivity index (χ2n) is 5.64. The van der Waals surface area contributed by atoms with Crippen LogP contribution in [0.5, 0.6) is 0 Å². The molecule has 0 bridgehead atoms. The topological polar surface area (TPSA) is 97.2 Å². The van der Waals surface area contributed by atoms with Crippen LogP contribution < -0.4 is 11.2 Å². The molecule has 3 heterocycles. The quantitative estimate of drug-likeness (QED) is 0.819. The molecule has 0 unspecified atom stereocenters. The molecular weight excluding hydrogens is 330 g/mol. The van der Waals surface area contributed by atoms with E-state index in [9.17, 15) is 20.0 Å². The summed E-state index contributed by atoms with van der Waals surface area (Å²) in [6, 6.07) is 5.73. The van der Waals surface area contributed by atoms with E-state index in [1.165, 1.54) is 4.57 Å². The number of aliphatic hydroxyl groups is 1. The Hall–Kier alpha value is -2.21. The maximum atomic E-state index is 12.4. The van der Waals surface area contributed by atoms with Crippen molar-refractivity contribution in [3.05, 3.63) is 54.5 Å². The summed E-state index contributed by atoms with van der Waals surface area (Å²) in [6.07, 6.45) is 0.294. The zero-order valence-electron chi connectivity index (χ0n) is 13.0. The van der Waals surface area contributed by atoms with E-state index in [0.717, 1.165) is 15.9 Å². The summed E-state index contributed by atoms with van der Waals surface area (Å²) in [4.78, 5) is 25.8. The standard InChI is InChI=1S/C16H17N3O4S/c17-7-13-14-4-1-5-18(14)16(22)19(15(13)21)8-11(20)9-23-10-12-3-2-6-24-12/h2-3,6,11,20H,1,4-5,8-10H2/t11-/m1/s1. The molecule has 0 aromatic carbocycles. The van der Waals surface area contributed by atoms with E-state index in [1.807, 2.05) is 23.6 Å². The molecule has 0 radical (unpaired) electrons. The van der Waals surface area contributed by atoms with Gasteiger partial charge in [-0.15, -0.1) is 11.3 Å². The summed E-state index contributed by atoms with van der Waals surface area (Å²) < 4.78 is 7.81. The SMILES string of the molecule is N#Cc1c2n(c(=O)n(C[C@@H](O)COCc3cccs3)c1=O)CCC2. The number of rotatable bonds is 6. The molecule has 1 aliphatic heterocycles. The van der Waals surface area contributed by atoms with Gasteiger partial charge in [-0.1, -0.05) is 6.07 Å². The Labute approximate surface area is 142 Å². The number of fused-ring (bicyclic) bond motifs is 1. The normalized spacial score (nSPS) is 14.3. The highest BCUT2D eigenvalue weighted by Crippen LogP contribution is 2.13. The molecule has 0 saturated carbocycles. The molecule has 0 spiro atoms. The molecule has 3 rings (SSSR count). The van der Waals surface area contributed by atoms with Crippen LogP contribution in [0.1, 0.15) is 22.6 Å². The minimum atomic E-state index is -0.998. The molecule has 0 fully saturated rings. The van der Waals surface area contributed by atoms with Crippen molar-refractivity contribution in [2.24, 2.45) is 0 Å². The number of nitriles is 1. The molecule has 1 N–H and O–H groups in total. The van der Waals surface area contributed by atoms with Crippen LogP contribution in [0.3, 0.4) is 0 Å². The monoisotopic (exact) mass is 347 g/mol. The van der Waals surface area contributed by atoms with Gasteiger partial charge in [0.1, 0.15) is 11.6 Å². The highest BCUT2D eigenvalue weighted by Gasteiger charge is 2.23. The van der Waals surface area contributed by atoms with E-state index in [1.54, 1.807) is 11.3 Å². The number of thiophene rings is 1. The zero-order chi connectivity index (χ0) is 17.1. The lowest BCUT2D eigenvalue weighted by Gasteiger charge is -2.14. The van der Waals surface area contributed by atoms with Gasteiger partial charge in [0.2, 0.25) is 0 Å². The van der Waals surface area contributed by atoms with Crippen LogP contribution in [0.25, 0.3) is 0 Å². The van der Waals surface area contributed by atoms with Gasteiger partial charge < -0.3 is 9.84 Å². The first kappa shape index (κ1) is 16.6. The van der Waals surface area contributed by atoms with Crippen LogP contribution in [0, 0.1) is 11.3 Å².